The number of nitrogens with one attached hydrogen (secondary N) is 1. The predicted octanol–water partition coefficient (Wildman–Crippen LogP) is 6.87. The summed E-state index contributed by atoms with van der Waals surface area (Å²) in [6.07, 6.45) is -4.39. The first-order chi connectivity index (χ1) is 20.2. The Labute approximate surface area is 246 Å². The van der Waals surface area contributed by atoms with Crippen molar-refractivity contribution in [1.82, 2.24) is 15.2 Å². The number of benzene rings is 3. The van der Waals surface area contributed by atoms with Gasteiger partial charge in [0.15, 0.2) is 11.5 Å². The number of nitrogens with zero attached hydrogens (tertiary/aromatic N) is 2. The fourth-order valence-corrected chi connectivity index (χ4v) is 5.41. The van der Waals surface area contributed by atoms with Gasteiger partial charge in [-0.25, -0.2) is 4.98 Å². The van der Waals surface area contributed by atoms with Crippen LogP contribution in [-0.2, 0) is 32.4 Å². The van der Waals surface area contributed by atoms with Gasteiger partial charge in [0.1, 0.15) is 16.5 Å². The molecule has 0 fully saturated rings. The van der Waals surface area contributed by atoms with Crippen molar-refractivity contribution in [3.63, 3.8) is 0 Å². The molecular formula is C31H30F3N3O4S. The lowest BCUT2D eigenvalue weighted by molar-refractivity contribution is -0.137. The Morgan fingerprint density at radius 1 is 0.976 bits per heavy atom. The van der Waals surface area contributed by atoms with Gasteiger partial charge in [0.05, 0.1) is 37.7 Å². The molecule has 220 valence electrons. The summed E-state index contributed by atoms with van der Waals surface area (Å²) >= 11 is 1.49. The molecule has 1 aliphatic heterocycles. The van der Waals surface area contributed by atoms with Gasteiger partial charge in [0, 0.05) is 36.6 Å². The largest absolute Gasteiger partial charge is 0.497 e. The average molecular weight is 598 g/mol. The quantitative estimate of drug-likeness (QED) is 0.191. The Kier molecular flexibility index (Phi) is 8.89. The molecule has 4 aromatic rings. The Hall–Kier alpha value is -4.22. The number of aromatic nitrogens is 1. The van der Waals surface area contributed by atoms with E-state index in [0.717, 1.165) is 39.8 Å². The second-order valence-corrected chi connectivity index (χ2v) is 10.6. The van der Waals surface area contributed by atoms with Gasteiger partial charge in [-0.3, -0.25) is 4.90 Å². The van der Waals surface area contributed by atoms with Crippen molar-refractivity contribution in [3.8, 4) is 23.0 Å². The molecule has 1 aromatic heterocycles. The highest BCUT2D eigenvalue weighted by Crippen LogP contribution is 2.34. The van der Waals surface area contributed by atoms with Gasteiger partial charge in [0.2, 0.25) is 6.79 Å². The third-order valence-electron chi connectivity index (χ3n) is 6.71. The lowest BCUT2D eigenvalue weighted by Crippen LogP contribution is -2.23. The molecule has 0 radical (unpaired) electrons. The highest BCUT2D eigenvalue weighted by molar-refractivity contribution is 7.09. The van der Waals surface area contributed by atoms with Crippen LogP contribution < -0.4 is 24.3 Å². The number of fused-ring (bicyclic) bond motifs is 1. The highest BCUT2D eigenvalue weighted by atomic mass is 32.1. The van der Waals surface area contributed by atoms with Gasteiger partial charge in [-0.2, -0.15) is 13.2 Å². The number of alkyl halides is 3. The first-order valence-corrected chi connectivity index (χ1v) is 14.0. The number of ether oxygens (including phenoxy) is 4. The molecule has 3 aromatic carbocycles. The summed E-state index contributed by atoms with van der Waals surface area (Å²) in [7, 11) is 3.24. The van der Waals surface area contributed by atoms with Crippen molar-refractivity contribution in [2.75, 3.05) is 21.0 Å². The molecule has 0 bridgehead atoms. The maximum Gasteiger partial charge on any atom is 0.416 e. The lowest BCUT2D eigenvalue weighted by atomic mass is 10.1. The Morgan fingerprint density at radius 2 is 1.81 bits per heavy atom. The maximum atomic E-state index is 13.1. The molecule has 0 spiro atoms. The Morgan fingerprint density at radius 3 is 2.60 bits per heavy atom. The van der Waals surface area contributed by atoms with Gasteiger partial charge >= 0.3 is 6.18 Å². The zero-order valence-electron chi connectivity index (χ0n) is 23.2. The van der Waals surface area contributed by atoms with E-state index in [1.807, 2.05) is 41.8 Å². The minimum atomic E-state index is -4.39. The molecule has 0 saturated heterocycles. The van der Waals surface area contributed by atoms with E-state index in [2.05, 4.69) is 16.8 Å². The molecule has 0 aliphatic carbocycles. The van der Waals surface area contributed by atoms with Crippen LogP contribution in [-0.4, -0.2) is 30.9 Å². The molecule has 11 heteroatoms. The summed E-state index contributed by atoms with van der Waals surface area (Å²) in [6.45, 7) is 6.18. The molecule has 0 amide bonds. The van der Waals surface area contributed by atoms with Gasteiger partial charge < -0.3 is 24.3 Å². The molecule has 0 atom stereocenters. The van der Waals surface area contributed by atoms with Crippen LogP contribution in [0.3, 0.4) is 0 Å². The number of hydrogen-bond donors (Lipinski definition) is 1. The summed E-state index contributed by atoms with van der Waals surface area (Å²) in [5.41, 5.74) is 3.05. The van der Waals surface area contributed by atoms with Crippen LogP contribution in [0.25, 0.3) is 5.70 Å². The SMILES string of the molecule is C=C(NCc1cccc(C(F)(F)F)c1)c1csc(CN(Cc2ccc3c(c2)OCO3)Cc2ccc(OC)cc2OC)n1. The second kappa shape index (κ2) is 12.7. The Balaban J connectivity index is 1.30. The van der Waals surface area contributed by atoms with E-state index in [-0.39, 0.29) is 13.3 Å². The third kappa shape index (κ3) is 7.15. The van der Waals surface area contributed by atoms with E-state index in [0.29, 0.717) is 48.1 Å². The zero-order valence-corrected chi connectivity index (χ0v) is 24.0. The fraction of sp³-hybridized carbons (Fsp3) is 0.258. The summed E-state index contributed by atoms with van der Waals surface area (Å²) < 4.78 is 61.2. The molecule has 1 aliphatic rings. The number of thiazole rings is 1. The monoisotopic (exact) mass is 597 g/mol. The molecule has 7 nitrogen and oxygen atoms in total. The molecule has 0 unspecified atom stereocenters. The minimum absolute atomic E-state index is 0.198. The van der Waals surface area contributed by atoms with E-state index >= 15 is 0 Å². The fourth-order valence-electron chi connectivity index (χ4n) is 4.56. The highest BCUT2D eigenvalue weighted by Gasteiger charge is 2.30. The van der Waals surface area contributed by atoms with E-state index in [1.54, 1.807) is 20.3 Å². The van der Waals surface area contributed by atoms with E-state index in [1.165, 1.54) is 17.4 Å². The lowest BCUT2D eigenvalue weighted by Gasteiger charge is -2.23. The second-order valence-electron chi connectivity index (χ2n) is 9.67. The molecule has 5 rings (SSSR count). The third-order valence-corrected chi connectivity index (χ3v) is 7.54. The summed E-state index contributed by atoms with van der Waals surface area (Å²) in [5.74, 6) is 2.87. The average Bonchev–Trinajstić information content (AvgIpc) is 3.65. The van der Waals surface area contributed by atoms with Crippen LogP contribution in [0.15, 0.2) is 72.6 Å². The van der Waals surface area contributed by atoms with Crippen molar-refractivity contribution < 1.29 is 32.1 Å². The smallest absolute Gasteiger partial charge is 0.416 e. The van der Waals surface area contributed by atoms with Gasteiger partial charge in [-0.15, -0.1) is 11.3 Å². The standard InChI is InChI=1S/C31H30F3N3O4S/c1-20(35-14-21-5-4-6-24(11-21)31(32,33)34)26-18-42-30(36-26)17-37(15-22-7-10-27-29(12-22)41-19-40-27)16-23-8-9-25(38-2)13-28(23)39-3/h4-13,18,35H,1,14-17,19H2,2-3H3. The minimum Gasteiger partial charge on any atom is -0.497 e. The van der Waals surface area contributed by atoms with Gasteiger partial charge in [-0.05, 0) is 41.5 Å². The van der Waals surface area contributed by atoms with Crippen LogP contribution >= 0.6 is 11.3 Å². The molecule has 1 N–H and O–H groups in total. The zero-order chi connectivity index (χ0) is 29.7. The van der Waals surface area contributed by atoms with Crippen LogP contribution in [0.1, 0.15) is 33.0 Å². The molecule has 0 saturated carbocycles. The van der Waals surface area contributed by atoms with Crippen LogP contribution in [0, 0.1) is 0 Å². The topological polar surface area (TPSA) is 65.1 Å². The predicted molar refractivity (Wildman–Crippen MR) is 154 cm³/mol. The maximum absolute atomic E-state index is 13.1. The summed E-state index contributed by atoms with van der Waals surface area (Å²) in [5, 5.41) is 5.86. The molecule has 42 heavy (non-hydrogen) atoms. The van der Waals surface area contributed by atoms with Crippen LogP contribution in [0.2, 0.25) is 0 Å². The summed E-state index contributed by atoms with van der Waals surface area (Å²) in [6, 6.07) is 16.9. The normalized spacial score (nSPS) is 12.4. The van der Waals surface area contributed by atoms with Crippen molar-refractivity contribution in [3.05, 3.63) is 106 Å². The molecular weight excluding hydrogens is 567 g/mol. The number of halogens is 3. The van der Waals surface area contributed by atoms with E-state index in [9.17, 15) is 13.2 Å². The van der Waals surface area contributed by atoms with Crippen LogP contribution in [0.4, 0.5) is 13.2 Å². The van der Waals surface area contributed by atoms with E-state index < -0.39 is 11.7 Å². The number of rotatable bonds is 12. The summed E-state index contributed by atoms with van der Waals surface area (Å²) in [4.78, 5) is 7.01. The number of hydrogen-bond acceptors (Lipinski definition) is 8. The van der Waals surface area contributed by atoms with Crippen molar-refractivity contribution in [2.24, 2.45) is 0 Å². The first-order valence-electron chi connectivity index (χ1n) is 13.1. The Bertz CT molecular complexity index is 1560. The first kappa shape index (κ1) is 29.3. The molecule has 2 heterocycles. The van der Waals surface area contributed by atoms with Crippen molar-refractivity contribution in [1.29, 1.82) is 0 Å². The van der Waals surface area contributed by atoms with Crippen LogP contribution in [0.5, 0.6) is 23.0 Å². The van der Waals surface area contributed by atoms with Gasteiger partial charge in [-0.1, -0.05) is 30.8 Å². The van der Waals surface area contributed by atoms with E-state index in [4.69, 9.17) is 23.9 Å². The van der Waals surface area contributed by atoms with Gasteiger partial charge in [0.25, 0.3) is 0 Å². The van der Waals surface area contributed by atoms with Crippen molar-refractivity contribution >= 4 is 17.0 Å². The number of methoxy groups -OCH3 is 2. The van der Waals surface area contributed by atoms with Crippen molar-refractivity contribution in [2.45, 2.75) is 32.4 Å².